The van der Waals surface area contributed by atoms with E-state index in [0.717, 1.165) is 57.6 Å². The van der Waals surface area contributed by atoms with Crippen molar-refractivity contribution in [3.05, 3.63) is 41.0 Å². The Morgan fingerprint density at radius 3 is 2.54 bits per heavy atom. The van der Waals surface area contributed by atoms with Crippen LogP contribution >= 0.6 is 11.3 Å². The van der Waals surface area contributed by atoms with Crippen LogP contribution in [0.25, 0.3) is 16.9 Å². The predicted molar refractivity (Wildman–Crippen MR) is 136 cm³/mol. The van der Waals surface area contributed by atoms with Crippen molar-refractivity contribution in [3.63, 3.8) is 0 Å². The molecule has 3 heterocycles. The second kappa shape index (κ2) is 7.85. The molecule has 4 fully saturated rings. The number of carbonyl (C=O) groups is 1. The zero-order valence-electron chi connectivity index (χ0n) is 20.3. The molecule has 0 radical (unpaired) electrons. The van der Waals surface area contributed by atoms with Gasteiger partial charge in [0.15, 0.2) is 16.6 Å². The first-order valence-corrected chi connectivity index (χ1v) is 13.7. The average Bonchev–Trinajstić information content (AvgIpc) is 3.51. The number of hydrogen-bond acceptors (Lipinski definition) is 5. The van der Waals surface area contributed by atoms with Crippen LogP contribution in [0.3, 0.4) is 0 Å². The summed E-state index contributed by atoms with van der Waals surface area (Å²) in [5.41, 5.74) is 5.50. The molecule has 8 rings (SSSR count). The minimum atomic E-state index is 0.138. The molecule has 0 unspecified atom stereocenters. The minimum Gasteiger partial charge on any atom is -0.454 e. The van der Waals surface area contributed by atoms with Crippen molar-refractivity contribution in [2.75, 3.05) is 12.1 Å². The van der Waals surface area contributed by atoms with Crippen LogP contribution in [-0.2, 0) is 4.79 Å². The summed E-state index contributed by atoms with van der Waals surface area (Å²) in [4.78, 5) is 17.9. The maximum atomic E-state index is 13.1. The van der Waals surface area contributed by atoms with Gasteiger partial charge in [-0.1, -0.05) is 0 Å². The summed E-state index contributed by atoms with van der Waals surface area (Å²) in [7, 11) is 0. The van der Waals surface area contributed by atoms with E-state index in [0.29, 0.717) is 11.6 Å². The fourth-order valence-corrected chi connectivity index (χ4v) is 8.64. The number of rotatable bonds is 5. The zero-order valence-corrected chi connectivity index (χ0v) is 21.1. The van der Waals surface area contributed by atoms with E-state index < -0.39 is 0 Å². The Hall–Kier alpha value is -2.80. The van der Waals surface area contributed by atoms with Gasteiger partial charge in [0.1, 0.15) is 0 Å². The normalized spacial score (nSPS) is 28.0. The second-order valence-corrected chi connectivity index (χ2v) is 12.2. The predicted octanol–water partition coefficient (Wildman–Crippen LogP) is 6.49. The minimum absolute atomic E-state index is 0.138. The van der Waals surface area contributed by atoms with Gasteiger partial charge in [0.2, 0.25) is 12.7 Å². The van der Waals surface area contributed by atoms with Crippen LogP contribution in [0, 0.1) is 37.0 Å². The molecule has 0 spiro atoms. The molecule has 3 aromatic rings. The van der Waals surface area contributed by atoms with Crippen molar-refractivity contribution in [1.29, 1.82) is 0 Å². The number of carbonyl (C=O) groups excluding carboxylic acids is 1. The maximum absolute atomic E-state index is 13.1. The fraction of sp³-hybridized carbons (Fsp3) is 0.500. The highest BCUT2D eigenvalue weighted by Gasteiger charge is 2.51. The Balaban J connectivity index is 1.09. The molecular weight excluding hydrogens is 458 g/mol. The molecule has 1 aliphatic heterocycles. The van der Waals surface area contributed by atoms with Gasteiger partial charge in [-0.15, -0.1) is 11.3 Å². The second-order valence-electron chi connectivity index (χ2n) is 11.3. The lowest BCUT2D eigenvalue weighted by molar-refractivity contribution is -0.124. The summed E-state index contributed by atoms with van der Waals surface area (Å²) in [6, 6.07) is 8.18. The van der Waals surface area contributed by atoms with Gasteiger partial charge in [-0.2, -0.15) is 0 Å². The van der Waals surface area contributed by atoms with E-state index in [9.17, 15) is 4.79 Å². The number of anilines is 1. The number of aromatic nitrogens is 2. The van der Waals surface area contributed by atoms with E-state index in [1.807, 2.05) is 17.5 Å². The molecule has 35 heavy (non-hydrogen) atoms. The monoisotopic (exact) mass is 489 g/mol. The fourth-order valence-electron chi connectivity index (χ4n) is 7.91. The molecule has 1 N–H and O–H groups in total. The largest absolute Gasteiger partial charge is 0.454 e. The highest BCUT2D eigenvalue weighted by Crippen LogP contribution is 2.61. The van der Waals surface area contributed by atoms with Crippen molar-refractivity contribution < 1.29 is 14.3 Å². The van der Waals surface area contributed by atoms with Gasteiger partial charge in [-0.05, 0) is 93.7 Å². The van der Waals surface area contributed by atoms with E-state index in [-0.39, 0.29) is 18.1 Å². The highest BCUT2D eigenvalue weighted by atomic mass is 32.1. The molecule has 4 saturated carbocycles. The lowest BCUT2D eigenvalue weighted by Crippen LogP contribution is -2.47. The van der Waals surface area contributed by atoms with Gasteiger partial charge in [0, 0.05) is 40.5 Å². The third-order valence-corrected chi connectivity index (χ3v) is 9.53. The number of benzene rings is 1. The standard InChI is InChI=1S/C28H31N3O3S/c1-16-5-22(17(2)31(16)21-3-4-24-25(9-21)34-15-33-24)23-14-35-27(29-23)30-26(32)13-28-10-18-6-19(11-28)8-20(7-18)12-28/h3-5,9,14,18-20H,6-8,10-13,15H2,1-2H3,(H,29,30,32). The molecule has 5 aliphatic rings. The summed E-state index contributed by atoms with van der Waals surface area (Å²) in [5.74, 6) is 4.28. The topological polar surface area (TPSA) is 65.4 Å². The molecule has 7 heteroatoms. The lowest BCUT2D eigenvalue weighted by atomic mass is 9.49. The molecule has 0 saturated heterocycles. The van der Waals surface area contributed by atoms with Crippen molar-refractivity contribution in [2.45, 2.75) is 58.8 Å². The van der Waals surface area contributed by atoms with Crippen LogP contribution in [0.4, 0.5) is 5.13 Å². The average molecular weight is 490 g/mol. The van der Waals surface area contributed by atoms with Gasteiger partial charge in [-0.3, -0.25) is 4.79 Å². The Bertz CT molecular complexity index is 1290. The smallest absolute Gasteiger partial charge is 0.231 e. The van der Waals surface area contributed by atoms with Crippen LogP contribution in [0.1, 0.15) is 56.3 Å². The molecule has 182 valence electrons. The Morgan fingerprint density at radius 1 is 1.09 bits per heavy atom. The Morgan fingerprint density at radius 2 is 1.80 bits per heavy atom. The first kappa shape index (κ1) is 21.5. The lowest BCUT2D eigenvalue weighted by Gasteiger charge is -2.56. The number of fused-ring (bicyclic) bond motifs is 1. The molecule has 4 aliphatic carbocycles. The SMILES string of the molecule is Cc1cc(-c2csc(NC(=O)CC34CC5CC(CC(C5)C3)C4)n2)c(C)n1-c1ccc2c(c1)OCO2. The summed E-state index contributed by atoms with van der Waals surface area (Å²) >= 11 is 1.51. The molecule has 1 aromatic carbocycles. The summed E-state index contributed by atoms with van der Waals surface area (Å²) < 4.78 is 13.2. The van der Waals surface area contributed by atoms with Crippen LogP contribution in [0.5, 0.6) is 11.5 Å². The number of thiazole rings is 1. The number of ether oxygens (including phenoxy) is 2. The first-order valence-electron chi connectivity index (χ1n) is 12.8. The quantitative estimate of drug-likeness (QED) is 0.445. The molecule has 1 amide bonds. The number of amides is 1. The van der Waals surface area contributed by atoms with Gasteiger partial charge in [0.25, 0.3) is 0 Å². The number of hydrogen-bond donors (Lipinski definition) is 1. The van der Waals surface area contributed by atoms with Gasteiger partial charge in [0.05, 0.1) is 5.69 Å². The molecule has 6 nitrogen and oxygen atoms in total. The molecular formula is C28H31N3O3S. The summed E-state index contributed by atoms with van der Waals surface area (Å²) in [6.07, 6.45) is 8.62. The summed E-state index contributed by atoms with van der Waals surface area (Å²) in [5, 5.41) is 5.88. The third kappa shape index (κ3) is 3.66. The first-order chi connectivity index (χ1) is 16.9. The van der Waals surface area contributed by atoms with Crippen molar-refractivity contribution in [1.82, 2.24) is 9.55 Å². The Labute approximate surface area is 209 Å². The van der Waals surface area contributed by atoms with Crippen molar-refractivity contribution in [3.8, 4) is 28.4 Å². The third-order valence-electron chi connectivity index (χ3n) is 8.77. The number of nitrogens with zero attached hydrogens (tertiary/aromatic N) is 2. The van der Waals surface area contributed by atoms with Gasteiger partial charge in [-0.25, -0.2) is 4.98 Å². The van der Waals surface area contributed by atoms with Crippen LogP contribution < -0.4 is 14.8 Å². The van der Waals surface area contributed by atoms with Gasteiger partial charge < -0.3 is 19.4 Å². The number of nitrogens with one attached hydrogen (secondary N) is 1. The van der Waals surface area contributed by atoms with E-state index >= 15 is 0 Å². The van der Waals surface area contributed by atoms with Crippen LogP contribution in [0.2, 0.25) is 0 Å². The van der Waals surface area contributed by atoms with E-state index in [1.54, 1.807) is 0 Å². The van der Waals surface area contributed by atoms with E-state index in [1.165, 1.54) is 49.9 Å². The van der Waals surface area contributed by atoms with Crippen LogP contribution in [0.15, 0.2) is 29.6 Å². The van der Waals surface area contributed by atoms with Crippen molar-refractivity contribution in [2.24, 2.45) is 23.2 Å². The highest BCUT2D eigenvalue weighted by molar-refractivity contribution is 7.14. The maximum Gasteiger partial charge on any atom is 0.231 e. The van der Waals surface area contributed by atoms with E-state index in [4.69, 9.17) is 14.5 Å². The molecule has 2 aromatic heterocycles. The number of aryl methyl sites for hydroxylation is 1. The van der Waals surface area contributed by atoms with Gasteiger partial charge >= 0.3 is 0 Å². The Kier molecular flexibility index (Phi) is 4.82. The zero-order chi connectivity index (χ0) is 23.7. The van der Waals surface area contributed by atoms with Crippen LogP contribution in [-0.4, -0.2) is 22.3 Å². The molecule has 0 atom stereocenters. The summed E-state index contributed by atoms with van der Waals surface area (Å²) in [6.45, 7) is 4.48. The molecule has 4 bridgehead atoms. The van der Waals surface area contributed by atoms with Crippen molar-refractivity contribution >= 4 is 22.4 Å². The van der Waals surface area contributed by atoms with E-state index in [2.05, 4.69) is 35.9 Å².